The first-order chi connectivity index (χ1) is 8.68. The summed E-state index contributed by atoms with van der Waals surface area (Å²) in [6.45, 7) is 3.31. The van der Waals surface area contributed by atoms with Crippen LogP contribution < -0.4 is 5.32 Å². The molecule has 5 nitrogen and oxygen atoms in total. The Bertz CT molecular complexity index is 408. The van der Waals surface area contributed by atoms with Gasteiger partial charge in [0, 0.05) is 13.1 Å². The molecule has 1 atom stereocenters. The average Bonchev–Trinajstić information content (AvgIpc) is 2.92. The van der Waals surface area contributed by atoms with E-state index in [1.165, 1.54) is 18.9 Å². The summed E-state index contributed by atoms with van der Waals surface area (Å²) in [5, 5.41) is 2.69. The zero-order valence-corrected chi connectivity index (χ0v) is 10.5. The van der Waals surface area contributed by atoms with Crippen LogP contribution in [-0.2, 0) is 4.79 Å². The van der Waals surface area contributed by atoms with Gasteiger partial charge in [-0.2, -0.15) is 0 Å². The van der Waals surface area contributed by atoms with Gasteiger partial charge in [-0.3, -0.25) is 9.59 Å². The fourth-order valence-electron chi connectivity index (χ4n) is 2.12. The standard InChI is InChI=1S/C13H18N2O3/c1-10(13(17)15-6-3-2-4-7-15)14-12(16)11-5-8-18-9-11/h5,8-10H,2-4,6-7H2,1H3,(H,14,16)/t10-/m0/s1. The maximum Gasteiger partial charge on any atom is 0.255 e. The molecule has 98 valence electrons. The first kappa shape index (κ1) is 12.7. The van der Waals surface area contributed by atoms with Crippen molar-refractivity contribution < 1.29 is 14.0 Å². The van der Waals surface area contributed by atoms with Gasteiger partial charge in [0.1, 0.15) is 12.3 Å². The van der Waals surface area contributed by atoms with Gasteiger partial charge in [-0.1, -0.05) is 0 Å². The predicted octanol–water partition coefficient (Wildman–Crippen LogP) is 1.41. The van der Waals surface area contributed by atoms with Gasteiger partial charge < -0.3 is 14.6 Å². The van der Waals surface area contributed by atoms with Gasteiger partial charge in [-0.05, 0) is 32.3 Å². The molecule has 0 saturated carbocycles. The molecule has 0 aromatic carbocycles. The van der Waals surface area contributed by atoms with Gasteiger partial charge in [0.2, 0.25) is 5.91 Å². The molecule has 2 amide bonds. The number of hydrogen-bond acceptors (Lipinski definition) is 3. The van der Waals surface area contributed by atoms with Gasteiger partial charge in [-0.15, -0.1) is 0 Å². The van der Waals surface area contributed by atoms with E-state index in [1.807, 2.05) is 4.90 Å². The van der Waals surface area contributed by atoms with Crippen molar-refractivity contribution in [2.24, 2.45) is 0 Å². The largest absolute Gasteiger partial charge is 0.472 e. The number of nitrogens with one attached hydrogen (secondary N) is 1. The quantitative estimate of drug-likeness (QED) is 0.882. The van der Waals surface area contributed by atoms with Crippen LogP contribution in [0.4, 0.5) is 0 Å². The van der Waals surface area contributed by atoms with Crippen LogP contribution in [0.25, 0.3) is 0 Å². The minimum absolute atomic E-state index is 0.00783. The Morgan fingerprint density at radius 3 is 2.67 bits per heavy atom. The molecule has 18 heavy (non-hydrogen) atoms. The average molecular weight is 250 g/mol. The number of carbonyl (C=O) groups is 2. The Morgan fingerprint density at radius 2 is 2.06 bits per heavy atom. The maximum atomic E-state index is 12.1. The van der Waals surface area contributed by atoms with E-state index in [4.69, 9.17) is 4.42 Å². The molecule has 2 rings (SSSR count). The monoisotopic (exact) mass is 250 g/mol. The second-order valence-corrected chi connectivity index (χ2v) is 4.59. The smallest absolute Gasteiger partial charge is 0.255 e. The van der Waals surface area contributed by atoms with Gasteiger partial charge in [0.15, 0.2) is 0 Å². The predicted molar refractivity (Wildman–Crippen MR) is 66.1 cm³/mol. The van der Waals surface area contributed by atoms with Crippen molar-refractivity contribution >= 4 is 11.8 Å². The third kappa shape index (κ3) is 2.91. The van der Waals surface area contributed by atoms with E-state index in [2.05, 4.69) is 5.32 Å². The Labute approximate surface area is 106 Å². The Morgan fingerprint density at radius 1 is 1.33 bits per heavy atom. The SMILES string of the molecule is C[C@H](NC(=O)c1ccoc1)C(=O)N1CCCCC1. The van der Waals surface area contributed by atoms with Crippen molar-refractivity contribution in [1.29, 1.82) is 0 Å². The van der Waals surface area contributed by atoms with Crippen molar-refractivity contribution in [3.05, 3.63) is 24.2 Å². The molecule has 0 radical (unpaired) electrons. The molecule has 1 aromatic rings. The first-order valence-electron chi connectivity index (χ1n) is 6.30. The normalized spacial score (nSPS) is 17.3. The number of carbonyl (C=O) groups excluding carboxylic acids is 2. The highest BCUT2D eigenvalue weighted by atomic mass is 16.3. The molecular weight excluding hydrogens is 232 g/mol. The minimum atomic E-state index is -0.495. The van der Waals surface area contributed by atoms with Crippen LogP contribution in [0.1, 0.15) is 36.5 Å². The molecule has 2 heterocycles. The number of hydrogen-bond donors (Lipinski definition) is 1. The lowest BCUT2D eigenvalue weighted by atomic mass is 10.1. The van der Waals surface area contributed by atoms with E-state index in [0.29, 0.717) is 5.56 Å². The Balaban J connectivity index is 1.88. The summed E-state index contributed by atoms with van der Waals surface area (Å²) in [6.07, 6.45) is 6.08. The Hall–Kier alpha value is -1.78. The Kier molecular flexibility index (Phi) is 4.02. The summed E-state index contributed by atoms with van der Waals surface area (Å²) >= 11 is 0. The molecule has 1 aromatic heterocycles. The van der Waals surface area contributed by atoms with Crippen molar-refractivity contribution in [2.45, 2.75) is 32.2 Å². The van der Waals surface area contributed by atoms with Crippen LogP contribution in [-0.4, -0.2) is 35.8 Å². The maximum absolute atomic E-state index is 12.1. The number of nitrogens with zero attached hydrogens (tertiary/aromatic N) is 1. The lowest BCUT2D eigenvalue weighted by molar-refractivity contribution is -0.133. The van der Waals surface area contributed by atoms with Crippen molar-refractivity contribution in [1.82, 2.24) is 10.2 Å². The molecule has 5 heteroatoms. The summed E-state index contributed by atoms with van der Waals surface area (Å²) in [5.41, 5.74) is 0.438. The number of amides is 2. The van der Waals surface area contributed by atoms with Gasteiger partial charge >= 0.3 is 0 Å². The topological polar surface area (TPSA) is 62.6 Å². The number of furan rings is 1. The number of piperidine rings is 1. The molecule has 0 bridgehead atoms. The molecule has 1 aliphatic heterocycles. The fraction of sp³-hybridized carbons (Fsp3) is 0.538. The molecule has 0 unspecified atom stereocenters. The van der Waals surface area contributed by atoms with Gasteiger partial charge in [0.05, 0.1) is 11.8 Å². The van der Waals surface area contributed by atoms with E-state index in [1.54, 1.807) is 13.0 Å². The van der Waals surface area contributed by atoms with Crippen LogP contribution >= 0.6 is 0 Å². The number of likely N-dealkylation sites (tertiary alicyclic amines) is 1. The van der Waals surface area contributed by atoms with Crippen molar-refractivity contribution in [3.63, 3.8) is 0 Å². The molecular formula is C13H18N2O3. The zero-order chi connectivity index (χ0) is 13.0. The first-order valence-corrected chi connectivity index (χ1v) is 6.30. The lowest BCUT2D eigenvalue weighted by Gasteiger charge is -2.29. The van der Waals surface area contributed by atoms with E-state index < -0.39 is 6.04 Å². The third-order valence-corrected chi connectivity index (χ3v) is 3.17. The fourth-order valence-corrected chi connectivity index (χ4v) is 2.12. The van der Waals surface area contributed by atoms with Crippen LogP contribution in [0.2, 0.25) is 0 Å². The summed E-state index contributed by atoms with van der Waals surface area (Å²) in [7, 11) is 0. The summed E-state index contributed by atoms with van der Waals surface area (Å²) < 4.78 is 4.84. The van der Waals surface area contributed by atoms with E-state index in [9.17, 15) is 9.59 Å². The van der Waals surface area contributed by atoms with E-state index in [0.717, 1.165) is 25.9 Å². The van der Waals surface area contributed by atoms with Crippen molar-refractivity contribution in [3.8, 4) is 0 Å². The molecule has 1 saturated heterocycles. The lowest BCUT2D eigenvalue weighted by Crippen LogP contribution is -2.48. The summed E-state index contributed by atoms with van der Waals surface area (Å²) in [4.78, 5) is 25.7. The van der Waals surface area contributed by atoms with Crippen LogP contribution in [0.15, 0.2) is 23.0 Å². The molecule has 1 N–H and O–H groups in total. The van der Waals surface area contributed by atoms with Gasteiger partial charge in [0.25, 0.3) is 5.91 Å². The van der Waals surface area contributed by atoms with Gasteiger partial charge in [-0.25, -0.2) is 0 Å². The molecule has 0 spiro atoms. The van der Waals surface area contributed by atoms with E-state index >= 15 is 0 Å². The minimum Gasteiger partial charge on any atom is -0.472 e. The van der Waals surface area contributed by atoms with Crippen LogP contribution in [0.3, 0.4) is 0 Å². The molecule has 0 aliphatic carbocycles. The third-order valence-electron chi connectivity index (χ3n) is 3.17. The second kappa shape index (κ2) is 5.71. The number of rotatable bonds is 3. The van der Waals surface area contributed by atoms with E-state index in [-0.39, 0.29) is 11.8 Å². The van der Waals surface area contributed by atoms with Crippen LogP contribution in [0.5, 0.6) is 0 Å². The summed E-state index contributed by atoms with van der Waals surface area (Å²) in [5.74, 6) is -0.284. The second-order valence-electron chi connectivity index (χ2n) is 4.59. The highest BCUT2D eigenvalue weighted by Crippen LogP contribution is 2.10. The van der Waals surface area contributed by atoms with Crippen LogP contribution in [0, 0.1) is 0 Å². The zero-order valence-electron chi connectivity index (χ0n) is 10.5. The highest BCUT2D eigenvalue weighted by molar-refractivity contribution is 5.97. The van der Waals surface area contributed by atoms with Crippen molar-refractivity contribution in [2.75, 3.05) is 13.1 Å². The molecule has 1 fully saturated rings. The highest BCUT2D eigenvalue weighted by Gasteiger charge is 2.23. The summed E-state index contributed by atoms with van der Waals surface area (Å²) in [6, 6.07) is 1.08. The molecule has 1 aliphatic rings.